The molecule has 1 unspecified atom stereocenters. The van der Waals surface area contributed by atoms with E-state index in [1.165, 1.54) is 6.92 Å². The summed E-state index contributed by atoms with van der Waals surface area (Å²) in [5.74, 6) is -2.54. The first-order valence-corrected chi connectivity index (χ1v) is 13.2. The van der Waals surface area contributed by atoms with Gasteiger partial charge >= 0.3 is 5.97 Å². The zero-order chi connectivity index (χ0) is 29.1. The Morgan fingerprint density at radius 2 is 1.50 bits per heavy atom. The van der Waals surface area contributed by atoms with Gasteiger partial charge in [-0.2, -0.15) is 0 Å². The van der Waals surface area contributed by atoms with Crippen molar-refractivity contribution in [1.29, 1.82) is 0 Å². The molecule has 1 heterocycles. The number of benzene rings is 1. The summed E-state index contributed by atoms with van der Waals surface area (Å²) in [6.45, 7) is 15.7. The van der Waals surface area contributed by atoms with Crippen molar-refractivity contribution in [3.8, 4) is 11.5 Å². The van der Waals surface area contributed by atoms with E-state index in [4.69, 9.17) is 9.84 Å². The molecule has 0 radical (unpaired) electrons. The standard InChI is InChI=1S/C28H43N3O7/c1-10-14(4)21(25(34)29-18(8)26(35)36)30-24(33)20(13(2)3)31-27(37)28(9)12-11-19-17(7)22(32)15(5)16(6)23(19)38-28/h13-14,18,20-21,32H,10-12H2,1-9H3,(H,29,34)(H,30,33)(H,31,37)(H,35,36)/t14-,18-,20-,21-,28?/m0/s1. The molecule has 0 aliphatic carbocycles. The second kappa shape index (κ2) is 12.0. The highest BCUT2D eigenvalue weighted by Gasteiger charge is 2.43. The number of carbonyl (C=O) groups excluding carboxylic acids is 3. The number of hydrogen-bond donors (Lipinski definition) is 5. The minimum absolute atomic E-state index is 0.229. The summed E-state index contributed by atoms with van der Waals surface area (Å²) in [4.78, 5) is 50.9. The average molecular weight is 534 g/mol. The van der Waals surface area contributed by atoms with Gasteiger partial charge in [0.2, 0.25) is 11.8 Å². The molecular weight excluding hydrogens is 490 g/mol. The van der Waals surface area contributed by atoms with Crippen molar-refractivity contribution in [1.82, 2.24) is 16.0 Å². The van der Waals surface area contributed by atoms with Crippen LogP contribution in [0, 0.1) is 32.6 Å². The SMILES string of the molecule is CC[C@H](C)[C@H](NC(=O)[C@@H](NC(=O)C1(C)CCc2c(C)c(O)c(C)c(C)c2O1)C(C)C)C(=O)N[C@@H](C)C(=O)O. The molecule has 10 heteroatoms. The van der Waals surface area contributed by atoms with E-state index in [0.29, 0.717) is 30.6 Å². The van der Waals surface area contributed by atoms with E-state index in [1.54, 1.807) is 34.6 Å². The van der Waals surface area contributed by atoms with Crippen molar-refractivity contribution in [2.45, 2.75) is 105 Å². The number of nitrogens with one attached hydrogen (secondary N) is 3. The van der Waals surface area contributed by atoms with Crippen LogP contribution in [0.4, 0.5) is 0 Å². The first-order chi connectivity index (χ1) is 17.5. The summed E-state index contributed by atoms with van der Waals surface area (Å²) in [5.41, 5.74) is 1.81. The summed E-state index contributed by atoms with van der Waals surface area (Å²) < 4.78 is 6.26. The number of aliphatic carboxylic acids is 1. The molecule has 0 saturated carbocycles. The predicted octanol–water partition coefficient (Wildman–Crippen LogP) is 2.66. The van der Waals surface area contributed by atoms with E-state index in [9.17, 15) is 24.3 Å². The van der Waals surface area contributed by atoms with Gasteiger partial charge in [-0.25, -0.2) is 0 Å². The molecule has 38 heavy (non-hydrogen) atoms. The number of amides is 3. The van der Waals surface area contributed by atoms with E-state index in [0.717, 1.165) is 16.7 Å². The van der Waals surface area contributed by atoms with E-state index in [1.807, 2.05) is 20.8 Å². The topological polar surface area (TPSA) is 154 Å². The van der Waals surface area contributed by atoms with E-state index in [-0.39, 0.29) is 17.6 Å². The van der Waals surface area contributed by atoms with E-state index < -0.39 is 47.4 Å². The van der Waals surface area contributed by atoms with Crippen molar-refractivity contribution in [2.24, 2.45) is 11.8 Å². The summed E-state index contributed by atoms with van der Waals surface area (Å²) in [7, 11) is 0. The maximum absolute atomic E-state index is 13.5. The number of rotatable bonds is 10. The van der Waals surface area contributed by atoms with Gasteiger partial charge in [-0.1, -0.05) is 34.1 Å². The third kappa shape index (κ3) is 6.39. The molecule has 1 aliphatic rings. The number of aromatic hydroxyl groups is 1. The average Bonchev–Trinajstić information content (AvgIpc) is 2.86. The zero-order valence-corrected chi connectivity index (χ0v) is 23.9. The number of phenolic OH excluding ortho intramolecular Hbond substituents is 1. The normalized spacial score (nSPS) is 19.8. The third-order valence-corrected chi connectivity index (χ3v) is 7.76. The van der Waals surface area contributed by atoms with Gasteiger partial charge in [-0.05, 0) is 69.6 Å². The second-order valence-electron chi connectivity index (χ2n) is 11.0. The molecule has 0 spiro atoms. The Hall–Kier alpha value is -3.30. The maximum Gasteiger partial charge on any atom is 0.325 e. The van der Waals surface area contributed by atoms with Crippen molar-refractivity contribution in [2.75, 3.05) is 0 Å². The molecule has 1 aromatic carbocycles. The van der Waals surface area contributed by atoms with Crippen molar-refractivity contribution in [3.05, 3.63) is 22.3 Å². The van der Waals surface area contributed by atoms with Crippen LogP contribution in [-0.4, -0.2) is 57.6 Å². The molecule has 212 valence electrons. The van der Waals surface area contributed by atoms with Gasteiger partial charge in [-0.3, -0.25) is 19.2 Å². The van der Waals surface area contributed by atoms with Crippen molar-refractivity contribution in [3.63, 3.8) is 0 Å². The monoisotopic (exact) mass is 533 g/mol. The molecule has 0 aromatic heterocycles. The molecule has 3 amide bonds. The molecule has 1 aliphatic heterocycles. The summed E-state index contributed by atoms with van der Waals surface area (Å²) in [6.07, 6.45) is 1.44. The van der Waals surface area contributed by atoms with Crippen molar-refractivity contribution >= 4 is 23.7 Å². The quantitative estimate of drug-likeness (QED) is 0.310. The van der Waals surface area contributed by atoms with Crippen LogP contribution < -0.4 is 20.7 Å². The minimum Gasteiger partial charge on any atom is -0.507 e. The van der Waals surface area contributed by atoms with Crippen LogP contribution >= 0.6 is 0 Å². The summed E-state index contributed by atoms with van der Waals surface area (Å²) in [5, 5.41) is 27.6. The minimum atomic E-state index is -1.24. The van der Waals surface area contributed by atoms with Gasteiger partial charge in [-0.15, -0.1) is 0 Å². The number of carboxylic acid groups (broad SMARTS) is 1. The fourth-order valence-corrected chi connectivity index (χ4v) is 4.55. The lowest BCUT2D eigenvalue weighted by molar-refractivity contribution is -0.143. The van der Waals surface area contributed by atoms with Crippen LogP contribution in [0.3, 0.4) is 0 Å². The highest BCUT2D eigenvalue weighted by atomic mass is 16.5. The Morgan fingerprint density at radius 1 is 0.921 bits per heavy atom. The van der Waals surface area contributed by atoms with Gasteiger partial charge in [0.15, 0.2) is 5.60 Å². The molecule has 0 fully saturated rings. The highest BCUT2D eigenvalue weighted by molar-refractivity contribution is 5.95. The first-order valence-electron chi connectivity index (χ1n) is 13.2. The smallest absolute Gasteiger partial charge is 0.325 e. The van der Waals surface area contributed by atoms with Crippen LogP contribution in [0.2, 0.25) is 0 Å². The largest absolute Gasteiger partial charge is 0.507 e. The molecule has 1 aromatic rings. The molecule has 5 atom stereocenters. The number of hydrogen-bond acceptors (Lipinski definition) is 6. The Kier molecular flexibility index (Phi) is 9.80. The van der Waals surface area contributed by atoms with Gasteiger partial charge in [0, 0.05) is 12.0 Å². The lowest BCUT2D eigenvalue weighted by Gasteiger charge is -2.38. The molecule has 2 rings (SSSR count). The van der Waals surface area contributed by atoms with Gasteiger partial charge < -0.3 is 30.9 Å². The first kappa shape index (κ1) is 30.9. The van der Waals surface area contributed by atoms with Crippen LogP contribution in [0.15, 0.2) is 0 Å². The van der Waals surface area contributed by atoms with Gasteiger partial charge in [0.25, 0.3) is 5.91 Å². The fourth-order valence-electron chi connectivity index (χ4n) is 4.55. The number of fused-ring (bicyclic) bond motifs is 1. The Labute approximate surface area is 224 Å². The molecule has 0 bridgehead atoms. The van der Waals surface area contributed by atoms with Crippen LogP contribution in [0.25, 0.3) is 0 Å². The zero-order valence-electron chi connectivity index (χ0n) is 23.9. The summed E-state index contributed by atoms with van der Waals surface area (Å²) in [6, 6.07) is -3.04. The number of carbonyl (C=O) groups is 4. The van der Waals surface area contributed by atoms with Crippen LogP contribution in [0.1, 0.15) is 76.6 Å². The number of ether oxygens (including phenoxy) is 1. The van der Waals surface area contributed by atoms with Crippen LogP contribution in [0.5, 0.6) is 11.5 Å². The molecule has 10 nitrogen and oxygen atoms in total. The number of phenols is 1. The lowest BCUT2D eigenvalue weighted by Crippen LogP contribution is -2.61. The Balaban J connectivity index is 2.25. The van der Waals surface area contributed by atoms with Crippen LogP contribution in [-0.2, 0) is 25.6 Å². The maximum atomic E-state index is 13.5. The van der Waals surface area contributed by atoms with Crippen molar-refractivity contribution < 1.29 is 34.1 Å². The Morgan fingerprint density at radius 3 is 2.03 bits per heavy atom. The highest BCUT2D eigenvalue weighted by Crippen LogP contribution is 2.43. The van der Waals surface area contributed by atoms with Gasteiger partial charge in [0.05, 0.1) is 0 Å². The van der Waals surface area contributed by atoms with E-state index >= 15 is 0 Å². The van der Waals surface area contributed by atoms with Gasteiger partial charge in [0.1, 0.15) is 29.6 Å². The second-order valence-corrected chi connectivity index (χ2v) is 11.0. The van der Waals surface area contributed by atoms with E-state index in [2.05, 4.69) is 16.0 Å². The lowest BCUT2D eigenvalue weighted by atomic mass is 9.86. The Bertz CT molecular complexity index is 1100. The fraction of sp³-hybridized carbons (Fsp3) is 0.643. The summed E-state index contributed by atoms with van der Waals surface area (Å²) >= 11 is 0. The predicted molar refractivity (Wildman–Crippen MR) is 143 cm³/mol. The number of carboxylic acids is 1. The molecular formula is C28H43N3O7. The third-order valence-electron chi connectivity index (χ3n) is 7.76. The molecule has 5 N–H and O–H groups in total. The molecule has 0 saturated heterocycles.